The Morgan fingerprint density at radius 1 is 1.70 bits per heavy atom. The molecule has 0 radical (unpaired) electrons. The first kappa shape index (κ1) is 16.9. The molecule has 54 valence electrons. The van der Waals surface area contributed by atoms with E-state index in [0.717, 1.165) is 6.92 Å². The molecule has 0 amide bonds. The van der Waals surface area contributed by atoms with Crippen LogP contribution in [-0.2, 0) is 14.3 Å². The van der Waals surface area contributed by atoms with Gasteiger partial charge in [-0.25, -0.2) is 0 Å². The third kappa shape index (κ3) is 74.2. The van der Waals surface area contributed by atoms with Crippen LogP contribution in [0.1, 0.15) is 13.8 Å². The largest absolute Gasteiger partial charge is 1.00 e. The van der Waals surface area contributed by atoms with Gasteiger partial charge >= 0.3 is 51.4 Å². The first-order valence-electron chi connectivity index (χ1n) is 2.33. The van der Waals surface area contributed by atoms with Crippen molar-refractivity contribution in [3.8, 4) is 0 Å². The van der Waals surface area contributed by atoms with Crippen molar-refractivity contribution in [2.75, 3.05) is 6.61 Å². The number of rotatable bonds is 2. The van der Waals surface area contributed by atoms with Crippen LogP contribution in [0, 0.1) is 0 Å². The molecule has 0 atom stereocenters. The summed E-state index contributed by atoms with van der Waals surface area (Å²) in [5.74, 6) is -0.833. The zero-order valence-electron chi connectivity index (χ0n) is 6.38. The third-order valence-corrected chi connectivity index (χ3v) is 0.203. The summed E-state index contributed by atoms with van der Waals surface area (Å²) < 4.78 is 4.03. The molecule has 0 rings (SSSR count). The first-order chi connectivity index (χ1) is 4.15. The molecule has 1 N–H and O–H groups in total. The minimum atomic E-state index is -0.833. The molecule has 10 heavy (non-hydrogen) atoms. The summed E-state index contributed by atoms with van der Waals surface area (Å²) >= 11 is 0. The molecule has 0 spiro atoms. The quantitative estimate of drug-likeness (QED) is 0.360. The molecule has 5 heteroatoms. The van der Waals surface area contributed by atoms with Gasteiger partial charge in [0.05, 0.1) is 0 Å². The van der Waals surface area contributed by atoms with Crippen LogP contribution >= 0.6 is 0 Å². The van der Waals surface area contributed by atoms with E-state index in [2.05, 4.69) is 4.74 Å². The second-order valence-electron chi connectivity index (χ2n) is 1.04. The SMILES string of the molecule is CC(=O)O.CCO[C-]=O.[K+]. The topological polar surface area (TPSA) is 63.6 Å². The molecule has 0 aliphatic rings. The standard InChI is InChI=1S/C3H5O2.C2H4O2.K/c1-2-5-3-4;1-2(3)4;/h2H2,1H3;1H3,(H,3,4);/q-1;;+1. The normalized spacial score (nSPS) is 5.80. The van der Waals surface area contributed by atoms with Gasteiger partial charge in [0, 0.05) is 13.5 Å². The fourth-order valence-corrected chi connectivity index (χ4v) is 0.0589. The van der Waals surface area contributed by atoms with Gasteiger partial charge in [0.1, 0.15) is 0 Å². The maximum absolute atomic E-state index is 9.06. The van der Waals surface area contributed by atoms with E-state index in [4.69, 9.17) is 14.7 Å². The maximum Gasteiger partial charge on any atom is 1.00 e. The molecule has 0 fully saturated rings. The average molecular weight is 172 g/mol. The zero-order valence-corrected chi connectivity index (χ0v) is 9.50. The maximum atomic E-state index is 9.06. The van der Waals surface area contributed by atoms with E-state index in [9.17, 15) is 0 Å². The van der Waals surface area contributed by atoms with Crippen LogP contribution in [0.4, 0.5) is 0 Å². The molecule has 0 saturated heterocycles. The molecule has 0 unspecified atom stereocenters. The summed E-state index contributed by atoms with van der Waals surface area (Å²) in [6.45, 7) is 4.50. The van der Waals surface area contributed by atoms with E-state index in [-0.39, 0.29) is 51.4 Å². The van der Waals surface area contributed by atoms with Gasteiger partial charge in [-0.15, -0.1) is 0 Å². The van der Waals surface area contributed by atoms with Gasteiger partial charge < -0.3 is 14.6 Å². The number of carboxylic acid groups (broad SMARTS) is 1. The minimum absolute atomic E-state index is 0. The molecule has 0 saturated carbocycles. The van der Waals surface area contributed by atoms with Crippen molar-refractivity contribution in [1.29, 1.82) is 0 Å². The average Bonchev–Trinajstić information content (AvgIpc) is 1.66. The molecule has 0 aromatic rings. The fraction of sp³-hybridized carbons (Fsp3) is 0.600. The van der Waals surface area contributed by atoms with Crippen molar-refractivity contribution in [1.82, 2.24) is 0 Å². The van der Waals surface area contributed by atoms with Crippen molar-refractivity contribution in [3.63, 3.8) is 0 Å². The Balaban J connectivity index is -0.0000000910. The van der Waals surface area contributed by atoms with Crippen LogP contribution in [0.25, 0.3) is 0 Å². The van der Waals surface area contributed by atoms with Crippen molar-refractivity contribution in [2.24, 2.45) is 0 Å². The number of aliphatic carboxylic acids is 1. The number of carbonyl (C=O) groups excluding carboxylic acids is 1. The van der Waals surface area contributed by atoms with Crippen molar-refractivity contribution < 1.29 is 70.8 Å². The van der Waals surface area contributed by atoms with E-state index in [1.807, 2.05) is 0 Å². The molecule has 0 heterocycles. The smallest absolute Gasteiger partial charge is 0.653 e. The molecular weight excluding hydrogens is 163 g/mol. The summed E-state index contributed by atoms with van der Waals surface area (Å²) in [7, 11) is 0. The molecule has 4 nitrogen and oxygen atoms in total. The van der Waals surface area contributed by atoms with E-state index in [0.29, 0.717) is 6.61 Å². The molecule has 0 bridgehead atoms. The Labute approximate surface area is 102 Å². The van der Waals surface area contributed by atoms with Crippen LogP contribution in [0.5, 0.6) is 0 Å². The minimum Gasteiger partial charge on any atom is -0.653 e. The Morgan fingerprint density at radius 3 is 2.00 bits per heavy atom. The van der Waals surface area contributed by atoms with Gasteiger partial charge in [0.25, 0.3) is 5.97 Å². The summed E-state index contributed by atoms with van der Waals surface area (Å²) in [5, 5.41) is 7.42. The number of hydrogen-bond donors (Lipinski definition) is 1. The molecule has 0 aliphatic heterocycles. The van der Waals surface area contributed by atoms with Gasteiger partial charge in [0.15, 0.2) is 0 Å². The second kappa shape index (κ2) is 16.3. The monoisotopic (exact) mass is 172 g/mol. The Hall–Kier alpha value is 0.576. The number of ether oxygens (including phenoxy) is 1. The van der Waals surface area contributed by atoms with Gasteiger partial charge in [-0.2, -0.15) is 0 Å². The van der Waals surface area contributed by atoms with Gasteiger partial charge in [0.2, 0.25) is 0 Å². The van der Waals surface area contributed by atoms with Crippen LogP contribution < -0.4 is 51.4 Å². The Kier molecular flexibility index (Phi) is 27.5. The van der Waals surface area contributed by atoms with E-state index in [1.165, 1.54) is 6.47 Å². The predicted molar refractivity (Wildman–Crippen MR) is 30.6 cm³/mol. The molecule has 0 aliphatic carbocycles. The molecule has 0 aromatic heterocycles. The summed E-state index contributed by atoms with van der Waals surface area (Å²) in [6, 6.07) is 0. The third-order valence-electron chi connectivity index (χ3n) is 0.203. The Bertz CT molecular complexity index is 79.7. The van der Waals surface area contributed by atoms with Crippen LogP contribution in [0.15, 0.2) is 0 Å². The van der Waals surface area contributed by atoms with E-state index < -0.39 is 5.97 Å². The zero-order chi connectivity index (χ0) is 7.70. The molecular formula is C5H9KO4. The number of carbonyl (C=O) groups is 1. The van der Waals surface area contributed by atoms with Crippen molar-refractivity contribution in [3.05, 3.63) is 0 Å². The van der Waals surface area contributed by atoms with Crippen molar-refractivity contribution >= 4 is 12.4 Å². The number of hydrogen-bond acceptors (Lipinski definition) is 3. The summed E-state index contributed by atoms with van der Waals surface area (Å²) in [6.07, 6.45) is 0. The van der Waals surface area contributed by atoms with Gasteiger partial charge in [-0.05, 0) is 6.92 Å². The molecule has 0 aromatic carbocycles. The summed E-state index contributed by atoms with van der Waals surface area (Å²) in [5.41, 5.74) is 0. The predicted octanol–water partition coefficient (Wildman–Crippen LogP) is -2.81. The fourth-order valence-electron chi connectivity index (χ4n) is 0.0589. The van der Waals surface area contributed by atoms with Crippen LogP contribution in [0.3, 0.4) is 0 Å². The van der Waals surface area contributed by atoms with Gasteiger partial charge in [-0.1, -0.05) is 6.47 Å². The number of carboxylic acids is 1. The first-order valence-corrected chi connectivity index (χ1v) is 2.33. The van der Waals surface area contributed by atoms with Gasteiger partial charge in [-0.3, -0.25) is 4.79 Å². The van der Waals surface area contributed by atoms with Crippen molar-refractivity contribution in [2.45, 2.75) is 13.8 Å². The van der Waals surface area contributed by atoms with E-state index in [1.54, 1.807) is 6.92 Å². The van der Waals surface area contributed by atoms with Crippen LogP contribution in [0.2, 0.25) is 0 Å². The second-order valence-corrected chi connectivity index (χ2v) is 1.04. The van der Waals surface area contributed by atoms with E-state index >= 15 is 0 Å². The van der Waals surface area contributed by atoms with Crippen LogP contribution in [-0.4, -0.2) is 24.2 Å². The Morgan fingerprint density at radius 2 is 2.00 bits per heavy atom. The summed E-state index contributed by atoms with van der Waals surface area (Å²) in [4.78, 5) is 18.1.